The second kappa shape index (κ2) is 9.96. The van der Waals surface area contributed by atoms with Gasteiger partial charge in [-0.15, -0.1) is 5.12 Å². The SMILES string of the molecule is COC(=O)N(F)c1ccc(-c2ccc(O)c3c2CC2CC4C(N(C)C)C(=O)C(C(N)=O)=C(O)C4(O)C(=O)C2=C3O)cc1. The predicted octanol–water partition coefficient (Wildman–Crippen LogP) is 2.09. The number of nitrogens with two attached hydrogens (primary N) is 1. The largest absolute Gasteiger partial charge is 0.508 e. The molecule has 0 saturated heterocycles. The van der Waals surface area contributed by atoms with Crippen molar-refractivity contribution in [1.29, 1.82) is 0 Å². The first-order valence-corrected chi connectivity index (χ1v) is 12.9. The molecule has 1 fully saturated rings. The number of fused-ring (bicyclic) bond motifs is 3. The van der Waals surface area contributed by atoms with Crippen LogP contribution in [0.25, 0.3) is 16.9 Å². The Labute approximate surface area is 238 Å². The lowest BCUT2D eigenvalue weighted by Gasteiger charge is -2.50. The van der Waals surface area contributed by atoms with Crippen molar-refractivity contribution in [2.75, 3.05) is 26.3 Å². The Bertz CT molecular complexity index is 1610. The highest BCUT2D eigenvalue weighted by atomic mass is 19.2. The Balaban J connectivity index is 1.65. The summed E-state index contributed by atoms with van der Waals surface area (Å²) in [4.78, 5) is 52.2. The molecule has 2 aromatic carbocycles. The summed E-state index contributed by atoms with van der Waals surface area (Å²) in [6.07, 6.45) is -1.19. The van der Waals surface area contributed by atoms with Crippen LogP contribution in [-0.2, 0) is 25.5 Å². The number of benzene rings is 2. The first-order valence-electron chi connectivity index (χ1n) is 12.9. The monoisotopic (exact) mass is 581 g/mol. The van der Waals surface area contributed by atoms with Crippen LogP contribution in [0.4, 0.5) is 15.0 Å². The fraction of sp³-hybridized carbons (Fsp3) is 0.310. The van der Waals surface area contributed by atoms with E-state index >= 15 is 0 Å². The summed E-state index contributed by atoms with van der Waals surface area (Å²) >= 11 is 0. The zero-order valence-electron chi connectivity index (χ0n) is 22.8. The number of hydrogen-bond acceptors (Lipinski definition) is 10. The molecule has 1 saturated carbocycles. The van der Waals surface area contributed by atoms with E-state index in [2.05, 4.69) is 4.74 Å². The fourth-order valence-corrected chi connectivity index (χ4v) is 6.47. The number of phenolic OH excluding ortho intramolecular Hbond substituents is 1. The smallest absolute Gasteiger partial charge is 0.442 e. The van der Waals surface area contributed by atoms with E-state index in [1.54, 1.807) is 6.07 Å². The number of rotatable bonds is 4. The van der Waals surface area contributed by atoms with E-state index in [0.29, 0.717) is 16.7 Å². The van der Waals surface area contributed by atoms with Crippen LogP contribution in [0.3, 0.4) is 0 Å². The maximum atomic E-state index is 14.2. The number of carbonyl (C=O) groups excluding carboxylic acids is 4. The minimum Gasteiger partial charge on any atom is -0.508 e. The second-order valence-electron chi connectivity index (χ2n) is 10.7. The lowest BCUT2D eigenvalue weighted by atomic mass is 9.57. The first kappa shape index (κ1) is 28.8. The van der Waals surface area contributed by atoms with Crippen LogP contribution < -0.4 is 10.9 Å². The molecule has 42 heavy (non-hydrogen) atoms. The number of nitrogens with zero attached hydrogens (tertiary/aromatic N) is 2. The highest BCUT2D eigenvalue weighted by molar-refractivity contribution is 6.24. The molecule has 4 atom stereocenters. The second-order valence-corrected chi connectivity index (χ2v) is 10.7. The van der Waals surface area contributed by atoms with Gasteiger partial charge in [0.2, 0.25) is 5.78 Å². The van der Waals surface area contributed by atoms with Crippen molar-refractivity contribution in [3.05, 3.63) is 64.4 Å². The summed E-state index contributed by atoms with van der Waals surface area (Å²) in [5, 5.41) is 44.6. The number of halogens is 1. The number of aliphatic hydroxyl groups is 3. The van der Waals surface area contributed by atoms with Gasteiger partial charge < -0.3 is 30.9 Å². The summed E-state index contributed by atoms with van der Waals surface area (Å²) in [6, 6.07) is 7.39. The van der Waals surface area contributed by atoms with Gasteiger partial charge in [0.05, 0.1) is 24.4 Å². The fourth-order valence-electron chi connectivity index (χ4n) is 6.47. The minimum absolute atomic E-state index is 0.0598. The van der Waals surface area contributed by atoms with Gasteiger partial charge in [-0.25, -0.2) is 4.79 Å². The average molecular weight is 582 g/mol. The molecule has 0 aromatic heterocycles. The first-order chi connectivity index (χ1) is 19.7. The van der Waals surface area contributed by atoms with Crippen molar-refractivity contribution in [3.63, 3.8) is 0 Å². The summed E-state index contributed by atoms with van der Waals surface area (Å²) < 4.78 is 18.6. The summed E-state index contributed by atoms with van der Waals surface area (Å²) in [5.41, 5.74) is 2.79. The number of likely N-dealkylation sites (N-methyl/N-ethyl adjacent to an activating group) is 1. The van der Waals surface area contributed by atoms with Crippen molar-refractivity contribution in [2.24, 2.45) is 17.6 Å². The number of carbonyl (C=O) groups is 4. The standard InChI is InChI=1S/C29H28FN3O9/c1-32(2)22-17-11-13-10-16-15(12-4-6-14(7-5-12)33(30)28(40)42-3)8-9-18(34)20(16)23(35)19(13)25(37)29(17,41)26(38)21(24(22)36)27(31)39/h4-9,13,17,22,34-35,38,41H,10-11H2,1-3H3,(H2,31,39). The van der Waals surface area contributed by atoms with E-state index in [4.69, 9.17) is 5.73 Å². The highest BCUT2D eigenvalue weighted by Crippen LogP contribution is 2.53. The van der Waals surface area contributed by atoms with Gasteiger partial charge in [-0.2, -0.15) is 0 Å². The molecule has 4 unspecified atom stereocenters. The van der Waals surface area contributed by atoms with E-state index in [-0.39, 0.29) is 40.5 Å². The molecular weight excluding hydrogens is 553 g/mol. The maximum Gasteiger partial charge on any atom is 0.442 e. The zero-order chi connectivity index (χ0) is 30.8. The topological polar surface area (TPSA) is 191 Å². The molecule has 2 aromatic rings. The molecular formula is C29H28FN3O9. The number of primary amides is 1. The molecule has 13 heteroatoms. The van der Waals surface area contributed by atoms with E-state index in [9.17, 15) is 44.1 Å². The maximum absolute atomic E-state index is 14.2. The van der Waals surface area contributed by atoms with Crippen molar-refractivity contribution in [2.45, 2.75) is 24.5 Å². The number of anilines is 1. The van der Waals surface area contributed by atoms with Crippen LogP contribution >= 0.6 is 0 Å². The number of Topliss-reactive ketones (excluding diaryl/α,β-unsaturated/α-hetero) is 2. The predicted molar refractivity (Wildman–Crippen MR) is 146 cm³/mol. The molecule has 0 heterocycles. The summed E-state index contributed by atoms with van der Waals surface area (Å²) in [6.45, 7) is 0. The third-order valence-electron chi connectivity index (χ3n) is 8.34. The van der Waals surface area contributed by atoms with Crippen molar-refractivity contribution >= 4 is 35.0 Å². The quantitative estimate of drug-likeness (QED) is 0.264. The van der Waals surface area contributed by atoms with Crippen molar-refractivity contribution in [3.8, 4) is 16.9 Å². The Morgan fingerprint density at radius 2 is 1.71 bits per heavy atom. The third-order valence-corrected chi connectivity index (χ3v) is 8.34. The van der Waals surface area contributed by atoms with Crippen LogP contribution in [0.2, 0.25) is 0 Å². The van der Waals surface area contributed by atoms with Gasteiger partial charge in [0.25, 0.3) is 5.91 Å². The van der Waals surface area contributed by atoms with Crippen LogP contribution in [0.1, 0.15) is 17.5 Å². The van der Waals surface area contributed by atoms with Crippen LogP contribution in [-0.4, -0.2) is 81.7 Å². The summed E-state index contributed by atoms with van der Waals surface area (Å²) in [7, 11) is 4.08. The van der Waals surface area contributed by atoms with E-state index in [0.717, 1.165) is 7.11 Å². The van der Waals surface area contributed by atoms with Gasteiger partial charge in [-0.1, -0.05) is 22.7 Å². The molecule has 2 amide bonds. The normalized spacial score (nSPS) is 25.1. The molecule has 6 N–H and O–H groups in total. The highest BCUT2D eigenvalue weighted by Gasteiger charge is 2.64. The summed E-state index contributed by atoms with van der Waals surface area (Å²) in [5.74, 6) is -7.37. The lowest BCUT2D eigenvalue weighted by molar-refractivity contribution is -0.153. The molecule has 5 rings (SSSR count). The number of aromatic hydroxyl groups is 1. The van der Waals surface area contributed by atoms with Gasteiger partial charge in [0, 0.05) is 11.5 Å². The van der Waals surface area contributed by atoms with Gasteiger partial charge >= 0.3 is 6.09 Å². The molecule has 0 radical (unpaired) electrons. The Hall–Kier alpha value is -4.75. The van der Waals surface area contributed by atoms with Crippen LogP contribution in [0.15, 0.2) is 53.3 Å². The van der Waals surface area contributed by atoms with Gasteiger partial charge in [-0.05, 0) is 67.7 Å². The van der Waals surface area contributed by atoms with Crippen molar-refractivity contribution in [1.82, 2.24) is 4.90 Å². The molecule has 3 aliphatic carbocycles. The number of methoxy groups -OCH3 is 1. The van der Waals surface area contributed by atoms with E-state index < -0.39 is 64.1 Å². The molecule has 3 aliphatic rings. The lowest BCUT2D eigenvalue weighted by Crippen LogP contribution is -2.65. The Morgan fingerprint density at radius 3 is 2.29 bits per heavy atom. The number of ketones is 2. The number of aliphatic hydroxyl groups excluding tert-OH is 2. The molecule has 220 valence electrons. The average Bonchev–Trinajstić information content (AvgIpc) is 2.94. The number of phenols is 1. The van der Waals surface area contributed by atoms with Gasteiger partial charge in [-0.3, -0.25) is 19.3 Å². The number of amides is 2. The third kappa shape index (κ3) is 3.96. The van der Waals surface area contributed by atoms with Crippen LogP contribution in [0, 0.1) is 11.8 Å². The van der Waals surface area contributed by atoms with Crippen LogP contribution in [0.5, 0.6) is 5.75 Å². The number of ether oxygens (including phenoxy) is 1. The van der Waals surface area contributed by atoms with Gasteiger partial charge in [0.1, 0.15) is 22.8 Å². The van der Waals surface area contributed by atoms with E-state index in [1.807, 2.05) is 0 Å². The zero-order valence-corrected chi connectivity index (χ0v) is 22.8. The van der Waals surface area contributed by atoms with E-state index in [1.165, 1.54) is 49.3 Å². The minimum atomic E-state index is -2.73. The molecule has 0 spiro atoms. The Kier molecular flexibility index (Phi) is 6.82. The Morgan fingerprint density at radius 1 is 1.07 bits per heavy atom. The molecule has 12 nitrogen and oxygen atoms in total. The number of hydrogen-bond donors (Lipinski definition) is 5. The van der Waals surface area contributed by atoms with Crippen molar-refractivity contribution < 1.29 is 48.8 Å². The molecule has 0 aliphatic heterocycles. The van der Waals surface area contributed by atoms with Gasteiger partial charge in [0.15, 0.2) is 11.4 Å². The molecule has 0 bridgehead atoms.